The Morgan fingerprint density at radius 2 is 2.06 bits per heavy atom. The number of aliphatic hydroxyl groups is 1. The highest BCUT2D eigenvalue weighted by molar-refractivity contribution is 6.30. The number of pyridine rings is 1. The number of hydrogen-bond donors (Lipinski definition) is 2. The van der Waals surface area contributed by atoms with Crippen molar-refractivity contribution in [2.75, 3.05) is 11.9 Å². The quantitative estimate of drug-likeness (QED) is 0.388. The van der Waals surface area contributed by atoms with Crippen LogP contribution in [0.3, 0.4) is 0 Å². The molecule has 3 aromatic heterocycles. The Morgan fingerprint density at radius 1 is 1.24 bits per heavy atom. The van der Waals surface area contributed by atoms with E-state index < -0.39 is 11.9 Å². The Labute approximate surface area is 200 Å². The van der Waals surface area contributed by atoms with Gasteiger partial charge in [-0.1, -0.05) is 24.6 Å². The fourth-order valence-corrected chi connectivity index (χ4v) is 3.78. The molecule has 4 rings (SSSR count). The molecule has 0 fully saturated rings. The standard InChI is InChI=1S/C24H24ClFN6O2/c1-3-9-31-13-21(15(2)30-31)29-24-27-8-6-20(28-24)16-7-10-32(23(34)12-16)22(14-33)17-4-5-18(25)19(26)11-17/h4-8,10-13,22,33H,3,9,14H2,1-2H3,(H,27,28,29). The first-order chi connectivity index (χ1) is 16.4. The van der Waals surface area contributed by atoms with Crippen molar-refractivity contribution in [3.8, 4) is 11.3 Å². The summed E-state index contributed by atoms with van der Waals surface area (Å²) in [5, 5.41) is 17.5. The Bertz CT molecular complexity index is 1370. The summed E-state index contributed by atoms with van der Waals surface area (Å²) in [7, 11) is 0. The molecule has 10 heteroatoms. The monoisotopic (exact) mass is 482 g/mol. The van der Waals surface area contributed by atoms with E-state index in [0.29, 0.717) is 22.8 Å². The van der Waals surface area contributed by atoms with Crippen LogP contribution in [-0.4, -0.2) is 36.0 Å². The largest absolute Gasteiger partial charge is 0.394 e. The highest BCUT2D eigenvalue weighted by Crippen LogP contribution is 2.24. The van der Waals surface area contributed by atoms with E-state index in [1.807, 2.05) is 17.8 Å². The number of aliphatic hydroxyl groups excluding tert-OH is 1. The van der Waals surface area contributed by atoms with Gasteiger partial charge < -0.3 is 15.0 Å². The Kier molecular flexibility index (Phi) is 7.04. The molecule has 34 heavy (non-hydrogen) atoms. The topological polar surface area (TPSA) is 97.9 Å². The molecular formula is C24H24ClFN6O2. The molecule has 0 radical (unpaired) electrons. The minimum Gasteiger partial charge on any atom is -0.394 e. The van der Waals surface area contributed by atoms with Crippen molar-refractivity contribution in [1.29, 1.82) is 0 Å². The lowest BCUT2D eigenvalue weighted by atomic mass is 10.1. The number of nitrogens with zero attached hydrogens (tertiary/aromatic N) is 5. The fourth-order valence-electron chi connectivity index (χ4n) is 3.66. The molecule has 0 saturated carbocycles. The zero-order valence-electron chi connectivity index (χ0n) is 18.7. The van der Waals surface area contributed by atoms with Gasteiger partial charge in [0.15, 0.2) is 0 Å². The van der Waals surface area contributed by atoms with Crippen molar-refractivity contribution in [1.82, 2.24) is 24.3 Å². The van der Waals surface area contributed by atoms with Crippen LogP contribution in [0.4, 0.5) is 16.0 Å². The highest BCUT2D eigenvalue weighted by atomic mass is 35.5. The number of nitrogens with one attached hydrogen (secondary N) is 1. The maximum Gasteiger partial charge on any atom is 0.251 e. The predicted octanol–water partition coefficient (Wildman–Crippen LogP) is 4.34. The molecule has 1 atom stereocenters. The molecule has 2 N–H and O–H groups in total. The van der Waals surface area contributed by atoms with Gasteiger partial charge in [-0.3, -0.25) is 9.48 Å². The first-order valence-corrected chi connectivity index (χ1v) is 11.2. The Hall–Kier alpha value is -3.56. The fraction of sp³-hybridized carbons (Fsp3) is 0.250. The predicted molar refractivity (Wildman–Crippen MR) is 129 cm³/mol. The first-order valence-electron chi connectivity index (χ1n) is 10.8. The van der Waals surface area contributed by atoms with Gasteiger partial charge in [-0.15, -0.1) is 0 Å². The molecule has 0 aliphatic carbocycles. The molecule has 1 aromatic carbocycles. The van der Waals surface area contributed by atoms with Crippen LogP contribution in [0, 0.1) is 12.7 Å². The minimum absolute atomic E-state index is 0.0239. The van der Waals surface area contributed by atoms with Crippen molar-refractivity contribution < 1.29 is 9.50 Å². The van der Waals surface area contributed by atoms with E-state index in [4.69, 9.17) is 11.6 Å². The van der Waals surface area contributed by atoms with Crippen LogP contribution in [0.1, 0.15) is 30.6 Å². The van der Waals surface area contributed by atoms with E-state index >= 15 is 0 Å². The van der Waals surface area contributed by atoms with Crippen molar-refractivity contribution in [2.24, 2.45) is 0 Å². The molecule has 3 heterocycles. The number of rotatable bonds is 8. The SMILES string of the molecule is CCCn1cc(Nc2nccc(-c3ccn(C(CO)c4ccc(Cl)c(F)c4)c(=O)c3)n2)c(C)n1. The summed E-state index contributed by atoms with van der Waals surface area (Å²) in [5.74, 6) is -0.232. The Balaban J connectivity index is 1.60. The second-order valence-corrected chi connectivity index (χ2v) is 8.22. The lowest BCUT2D eigenvalue weighted by Crippen LogP contribution is -2.27. The summed E-state index contributed by atoms with van der Waals surface area (Å²) in [4.78, 5) is 21.7. The average Bonchev–Trinajstić information content (AvgIpc) is 3.16. The number of halogens is 2. The van der Waals surface area contributed by atoms with E-state index in [1.165, 1.54) is 22.8 Å². The number of aryl methyl sites for hydroxylation is 2. The molecule has 4 aromatic rings. The molecule has 1 unspecified atom stereocenters. The van der Waals surface area contributed by atoms with E-state index in [2.05, 4.69) is 27.3 Å². The van der Waals surface area contributed by atoms with Gasteiger partial charge in [0.25, 0.3) is 5.56 Å². The number of benzene rings is 1. The summed E-state index contributed by atoms with van der Waals surface area (Å²) in [6.07, 6.45) is 6.04. The lowest BCUT2D eigenvalue weighted by Gasteiger charge is -2.18. The highest BCUT2D eigenvalue weighted by Gasteiger charge is 2.17. The molecular weight excluding hydrogens is 459 g/mol. The number of hydrogen-bond acceptors (Lipinski definition) is 6. The van der Waals surface area contributed by atoms with Crippen molar-refractivity contribution >= 4 is 23.2 Å². The van der Waals surface area contributed by atoms with Crippen LogP contribution < -0.4 is 10.9 Å². The van der Waals surface area contributed by atoms with Crippen LogP contribution in [-0.2, 0) is 6.54 Å². The number of anilines is 2. The first kappa shape index (κ1) is 23.6. The summed E-state index contributed by atoms with van der Waals surface area (Å²) in [6.45, 7) is 4.42. The smallest absolute Gasteiger partial charge is 0.251 e. The molecule has 0 spiro atoms. The lowest BCUT2D eigenvalue weighted by molar-refractivity contribution is 0.247. The molecule has 0 saturated heterocycles. The van der Waals surface area contributed by atoms with Crippen LogP contribution in [0.2, 0.25) is 5.02 Å². The summed E-state index contributed by atoms with van der Waals surface area (Å²) < 4.78 is 17.1. The van der Waals surface area contributed by atoms with E-state index in [-0.39, 0.29) is 17.2 Å². The van der Waals surface area contributed by atoms with Crippen LogP contribution in [0.5, 0.6) is 0 Å². The van der Waals surface area contributed by atoms with Crippen LogP contribution in [0.15, 0.2) is 59.8 Å². The summed E-state index contributed by atoms with van der Waals surface area (Å²) >= 11 is 5.75. The van der Waals surface area contributed by atoms with Crippen LogP contribution >= 0.6 is 11.6 Å². The van der Waals surface area contributed by atoms with Crippen LogP contribution in [0.25, 0.3) is 11.3 Å². The maximum atomic E-state index is 13.9. The van der Waals surface area contributed by atoms with Gasteiger partial charge in [0.2, 0.25) is 5.95 Å². The maximum absolute atomic E-state index is 13.9. The van der Waals surface area contributed by atoms with Crippen molar-refractivity contribution in [3.63, 3.8) is 0 Å². The molecule has 0 bridgehead atoms. The third kappa shape index (κ3) is 5.00. The second-order valence-electron chi connectivity index (χ2n) is 7.81. The minimum atomic E-state index is -0.751. The molecule has 0 aliphatic rings. The second kappa shape index (κ2) is 10.1. The van der Waals surface area contributed by atoms with Gasteiger partial charge in [-0.2, -0.15) is 5.10 Å². The zero-order valence-corrected chi connectivity index (χ0v) is 19.5. The Morgan fingerprint density at radius 3 is 2.76 bits per heavy atom. The zero-order chi connectivity index (χ0) is 24.2. The van der Waals surface area contributed by atoms with Gasteiger partial charge in [0.05, 0.1) is 34.7 Å². The van der Waals surface area contributed by atoms with E-state index in [9.17, 15) is 14.3 Å². The normalized spacial score (nSPS) is 12.0. The van der Waals surface area contributed by atoms with Gasteiger partial charge in [-0.25, -0.2) is 14.4 Å². The molecule has 176 valence electrons. The van der Waals surface area contributed by atoms with Gasteiger partial charge in [0.1, 0.15) is 5.82 Å². The molecule has 0 aliphatic heterocycles. The van der Waals surface area contributed by atoms with Crippen molar-refractivity contribution in [3.05, 3.63) is 87.4 Å². The van der Waals surface area contributed by atoms with Gasteiger partial charge in [0, 0.05) is 36.8 Å². The average molecular weight is 483 g/mol. The molecule has 8 nitrogen and oxygen atoms in total. The van der Waals surface area contributed by atoms with Crippen molar-refractivity contribution in [2.45, 2.75) is 32.9 Å². The van der Waals surface area contributed by atoms with Gasteiger partial charge in [-0.05, 0) is 43.2 Å². The van der Waals surface area contributed by atoms with E-state index in [1.54, 1.807) is 30.6 Å². The number of aromatic nitrogens is 5. The molecule has 0 amide bonds. The summed E-state index contributed by atoms with van der Waals surface area (Å²) in [6, 6.07) is 8.29. The van der Waals surface area contributed by atoms with Gasteiger partial charge >= 0.3 is 0 Å². The van der Waals surface area contributed by atoms with E-state index in [0.717, 1.165) is 24.3 Å². The summed E-state index contributed by atoms with van der Waals surface area (Å²) in [5.41, 5.74) is 2.85. The third-order valence-electron chi connectivity index (χ3n) is 5.38. The third-order valence-corrected chi connectivity index (χ3v) is 5.69.